The van der Waals surface area contributed by atoms with Crippen LogP contribution in [0.2, 0.25) is 0 Å². The number of nitrogens with one attached hydrogen (secondary N) is 5. The first-order valence-corrected chi connectivity index (χ1v) is 29.2. The van der Waals surface area contributed by atoms with E-state index < -0.39 is 35.0 Å². The molecule has 5 amide bonds. The van der Waals surface area contributed by atoms with Gasteiger partial charge in [0.25, 0.3) is 5.91 Å². The number of halogens is 2. The van der Waals surface area contributed by atoms with Gasteiger partial charge in [0.05, 0.1) is 53.6 Å². The van der Waals surface area contributed by atoms with Crippen molar-refractivity contribution < 1.29 is 51.7 Å². The van der Waals surface area contributed by atoms with Crippen LogP contribution in [0, 0.1) is 29.9 Å². The van der Waals surface area contributed by atoms with Crippen LogP contribution in [0.15, 0.2) is 84.4 Å². The number of piperazine rings is 1. The van der Waals surface area contributed by atoms with Crippen molar-refractivity contribution in [3.8, 4) is 10.4 Å². The number of hydrogen-bond donors (Lipinski definition) is 5. The largest absolute Gasteiger partial charge is 0.381 e. The summed E-state index contributed by atoms with van der Waals surface area (Å²) in [5, 5.41) is 20.5. The molecule has 0 radical (unpaired) electrons. The monoisotopic (exact) mass is 1160 g/mol. The number of H-pyrrole nitrogens is 1. The van der Waals surface area contributed by atoms with Crippen LogP contribution in [0.4, 0.5) is 26.0 Å². The molecule has 6 aromatic rings. The van der Waals surface area contributed by atoms with Gasteiger partial charge in [-0.05, 0) is 109 Å². The molecule has 5 N–H and O–H groups in total. The molecule has 22 heteroatoms. The molecule has 442 valence electrons. The topological polar surface area (TPSA) is 222 Å². The zero-order valence-corrected chi connectivity index (χ0v) is 48.5. The van der Waals surface area contributed by atoms with E-state index in [9.17, 15) is 32.8 Å². The molecule has 2 aromatic heterocycles. The maximum atomic E-state index is 14.1. The minimum absolute atomic E-state index is 0.0921. The van der Waals surface area contributed by atoms with E-state index in [4.69, 9.17) is 18.9 Å². The quantitative estimate of drug-likeness (QED) is 0.0393. The molecule has 3 fully saturated rings. The van der Waals surface area contributed by atoms with E-state index in [0.717, 1.165) is 51.9 Å². The van der Waals surface area contributed by atoms with E-state index in [1.807, 2.05) is 94.7 Å². The van der Waals surface area contributed by atoms with Crippen molar-refractivity contribution in [1.29, 1.82) is 0 Å². The van der Waals surface area contributed by atoms with E-state index in [1.165, 1.54) is 12.1 Å². The third-order valence-electron chi connectivity index (χ3n) is 15.2. The molecular weight excluding hydrogens is 1090 g/mol. The first-order chi connectivity index (χ1) is 39.9. The number of hydrogen-bond acceptors (Lipinski definition) is 14. The molecule has 3 aliphatic heterocycles. The van der Waals surface area contributed by atoms with Crippen molar-refractivity contribution in [3.63, 3.8) is 0 Å². The summed E-state index contributed by atoms with van der Waals surface area (Å²) in [6, 6.07) is 21.1. The second-order valence-electron chi connectivity index (χ2n) is 22.6. The number of thiazole rings is 1. The van der Waals surface area contributed by atoms with Crippen LogP contribution in [0.1, 0.15) is 79.7 Å². The van der Waals surface area contributed by atoms with E-state index in [2.05, 4.69) is 41.3 Å². The number of anilines is 3. The highest BCUT2D eigenvalue weighted by molar-refractivity contribution is 7.13. The Morgan fingerprint density at radius 1 is 0.831 bits per heavy atom. The fraction of sp³-hybridized carbons (Fsp3) is 0.459. The number of benzene rings is 4. The van der Waals surface area contributed by atoms with Gasteiger partial charge in [0, 0.05) is 81.4 Å². The first kappa shape index (κ1) is 60.2. The number of ether oxygens (including phenoxy) is 4. The third-order valence-corrected chi connectivity index (χ3v) is 16.1. The molecule has 0 unspecified atom stereocenters. The number of likely N-dealkylation sites (tertiary alicyclic amines) is 1. The molecule has 0 aliphatic carbocycles. The number of aryl methyl sites for hydroxylation is 1. The lowest BCUT2D eigenvalue weighted by atomic mass is 9.85. The Labute approximate surface area is 486 Å². The molecule has 19 nitrogen and oxygen atoms in total. The molecule has 3 atom stereocenters. The molecule has 0 bridgehead atoms. The van der Waals surface area contributed by atoms with Crippen LogP contribution in [-0.4, -0.2) is 158 Å². The van der Waals surface area contributed by atoms with Crippen molar-refractivity contribution in [2.45, 2.75) is 85.0 Å². The molecule has 9 rings (SSSR count). The molecule has 0 saturated carbocycles. The Kier molecular flexibility index (Phi) is 20.2. The van der Waals surface area contributed by atoms with Crippen LogP contribution in [0.25, 0.3) is 21.3 Å². The van der Waals surface area contributed by atoms with Gasteiger partial charge in [-0.2, -0.15) is 5.10 Å². The number of fused-ring (bicyclic) bond motifs is 1. The lowest BCUT2D eigenvalue weighted by Crippen LogP contribution is -2.58. The second kappa shape index (κ2) is 27.8. The summed E-state index contributed by atoms with van der Waals surface area (Å²) in [5.41, 5.74) is 8.09. The number of carbonyl (C=O) groups is 5. The van der Waals surface area contributed by atoms with Gasteiger partial charge in [-0.25, -0.2) is 13.8 Å². The van der Waals surface area contributed by atoms with Gasteiger partial charge in [-0.15, -0.1) is 11.3 Å². The summed E-state index contributed by atoms with van der Waals surface area (Å²) in [6.07, 6.45) is 2.35. The van der Waals surface area contributed by atoms with Gasteiger partial charge in [-0.1, -0.05) is 58.0 Å². The van der Waals surface area contributed by atoms with Gasteiger partial charge in [0.1, 0.15) is 36.9 Å². The van der Waals surface area contributed by atoms with Gasteiger partial charge in [0.15, 0.2) is 5.82 Å². The normalized spacial score (nSPS) is 17.2. The first-order valence-electron chi connectivity index (χ1n) is 28.3. The van der Waals surface area contributed by atoms with Crippen molar-refractivity contribution in [2.24, 2.45) is 11.3 Å². The molecular formula is C61H74F2N10O9S. The maximum absolute atomic E-state index is 14.1. The van der Waals surface area contributed by atoms with E-state index in [0.29, 0.717) is 92.4 Å². The zero-order chi connectivity index (χ0) is 58.6. The Morgan fingerprint density at radius 3 is 2.23 bits per heavy atom. The Balaban J connectivity index is 0.678. The van der Waals surface area contributed by atoms with Crippen LogP contribution in [0.5, 0.6) is 0 Å². The molecule has 0 spiro atoms. The number of amides is 5. The minimum atomic E-state index is -0.896. The summed E-state index contributed by atoms with van der Waals surface area (Å²) in [7, 11) is 0. The van der Waals surface area contributed by atoms with Crippen LogP contribution >= 0.6 is 11.3 Å². The van der Waals surface area contributed by atoms with Gasteiger partial charge >= 0.3 is 0 Å². The Bertz CT molecular complexity index is 3210. The van der Waals surface area contributed by atoms with Gasteiger partial charge in [0.2, 0.25) is 23.6 Å². The average Bonchev–Trinajstić information content (AvgIpc) is 4.45. The SMILES string of the molecule is Cc1ncsc1-c1ccc(CNC(=O)[C@@H]2C[C@@H](C)CN2C(=O)[C@@H](NC(=O)COCCOCCOCC(=O)N2CCN(c3ccc(C(=O)Nc4n[nH]c5ccc(Cc6cc(F)cc(F)c6)cc45)c(NC4CCOCC4)c3)CC2)C(C)(C)C)cc1. The minimum Gasteiger partial charge on any atom is -0.381 e. The van der Waals surface area contributed by atoms with Crippen molar-refractivity contribution >= 4 is 69.0 Å². The van der Waals surface area contributed by atoms with E-state index in [-0.39, 0.29) is 81.7 Å². The summed E-state index contributed by atoms with van der Waals surface area (Å²) in [5.74, 6) is -2.39. The standard InChI is InChI=1S/C61H74F2N10O9S/c1-38-26-52(59(77)64-33-40-6-9-43(10-7-40)55-39(2)65-37-83-55)73(34-38)60(78)56(61(3,4)5)67-53(74)35-81-24-22-80-23-25-82-36-54(75)72-18-16-71(17-19-72)47-11-12-48(51(32-47)66-46-14-20-79-21-15-46)58(76)68-57-49-30-41(8-13-50(49)69-70-57)27-42-28-44(62)31-45(63)29-42/h6-13,28-32,37-38,46,52,56,66H,14-27,33-36H2,1-5H3,(H,64,77)(H,67,74)(H2,68,69,70,76)/t38-,52+,56-/m1/s1. The molecule has 3 aliphatic rings. The van der Waals surface area contributed by atoms with Crippen molar-refractivity contribution in [2.75, 3.05) is 101 Å². The highest BCUT2D eigenvalue weighted by Crippen LogP contribution is 2.32. The third kappa shape index (κ3) is 16.0. The summed E-state index contributed by atoms with van der Waals surface area (Å²) in [4.78, 5) is 79.1. The summed E-state index contributed by atoms with van der Waals surface area (Å²) >= 11 is 1.58. The fourth-order valence-electron chi connectivity index (χ4n) is 10.7. The fourth-order valence-corrected chi connectivity index (χ4v) is 11.5. The smallest absolute Gasteiger partial charge is 0.258 e. The Hall–Kier alpha value is -7.37. The summed E-state index contributed by atoms with van der Waals surface area (Å²) < 4.78 is 50.4. The van der Waals surface area contributed by atoms with Gasteiger partial charge < -0.3 is 54.9 Å². The Morgan fingerprint density at radius 2 is 1.53 bits per heavy atom. The van der Waals surface area contributed by atoms with Crippen LogP contribution in [0.3, 0.4) is 0 Å². The van der Waals surface area contributed by atoms with Crippen LogP contribution in [-0.2, 0) is 51.1 Å². The zero-order valence-electron chi connectivity index (χ0n) is 47.7. The van der Waals surface area contributed by atoms with E-state index >= 15 is 0 Å². The highest BCUT2D eigenvalue weighted by Gasteiger charge is 2.44. The molecule has 4 aromatic carbocycles. The average molecular weight is 1160 g/mol. The van der Waals surface area contributed by atoms with Crippen molar-refractivity contribution in [1.82, 2.24) is 35.6 Å². The number of carbonyl (C=O) groups excluding carboxylic acids is 5. The van der Waals surface area contributed by atoms with Crippen LogP contribution < -0.4 is 26.2 Å². The molecule has 3 saturated heterocycles. The lowest BCUT2D eigenvalue weighted by Gasteiger charge is -2.36. The predicted molar refractivity (Wildman–Crippen MR) is 313 cm³/mol. The molecule has 5 heterocycles. The summed E-state index contributed by atoms with van der Waals surface area (Å²) in [6.45, 7) is 13.9. The van der Waals surface area contributed by atoms with Crippen molar-refractivity contribution in [3.05, 3.63) is 124 Å². The van der Waals surface area contributed by atoms with Gasteiger partial charge in [-0.3, -0.25) is 29.1 Å². The highest BCUT2D eigenvalue weighted by atomic mass is 32.1. The number of rotatable bonds is 23. The predicted octanol–water partition coefficient (Wildman–Crippen LogP) is 7.49. The number of nitrogens with zero attached hydrogens (tertiary/aromatic N) is 5. The maximum Gasteiger partial charge on any atom is 0.258 e. The van der Waals surface area contributed by atoms with E-state index in [1.54, 1.807) is 27.2 Å². The molecule has 83 heavy (non-hydrogen) atoms. The number of aromatic nitrogens is 3. The number of aromatic amines is 1. The second-order valence-corrected chi connectivity index (χ2v) is 23.5. The lowest BCUT2D eigenvalue weighted by molar-refractivity contribution is -0.144.